The van der Waals surface area contributed by atoms with Crippen LogP contribution >= 0.6 is 0 Å². The summed E-state index contributed by atoms with van der Waals surface area (Å²) in [6.45, 7) is 5.78. The monoisotopic (exact) mass is 489 g/mol. The van der Waals surface area contributed by atoms with E-state index in [1.807, 2.05) is 57.2 Å². The molecule has 2 aromatic carbocycles. The van der Waals surface area contributed by atoms with E-state index < -0.39 is 23.5 Å². The highest BCUT2D eigenvalue weighted by atomic mass is 16.6. The van der Waals surface area contributed by atoms with Crippen LogP contribution < -0.4 is 10.6 Å². The van der Waals surface area contributed by atoms with Crippen molar-refractivity contribution >= 4 is 17.9 Å². The molecule has 0 spiro atoms. The fourth-order valence-electron chi connectivity index (χ4n) is 5.24. The lowest BCUT2D eigenvalue weighted by molar-refractivity contribution is -0.133. The Morgan fingerprint density at radius 2 is 1.17 bits per heavy atom. The lowest BCUT2D eigenvalue weighted by Gasteiger charge is -2.24. The number of hydrogen-bond donors (Lipinski definition) is 2. The van der Waals surface area contributed by atoms with Gasteiger partial charge in [0, 0.05) is 37.0 Å². The zero-order chi connectivity index (χ0) is 25.4. The van der Waals surface area contributed by atoms with Crippen LogP contribution in [0, 0.1) is 11.8 Å². The maximum atomic E-state index is 13.4. The summed E-state index contributed by atoms with van der Waals surface area (Å²) in [5.74, 6) is -0.959. The van der Waals surface area contributed by atoms with Crippen LogP contribution in [-0.2, 0) is 14.3 Å². The molecule has 3 amide bonds. The number of rotatable bonds is 6. The highest BCUT2D eigenvalue weighted by Gasteiger charge is 2.49. The summed E-state index contributed by atoms with van der Waals surface area (Å²) in [5, 5.41) is 6.29. The van der Waals surface area contributed by atoms with Crippen molar-refractivity contribution in [3.05, 3.63) is 71.8 Å². The first-order valence-corrected chi connectivity index (χ1v) is 12.9. The zero-order valence-electron chi connectivity index (χ0n) is 21.1. The van der Waals surface area contributed by atoms with Gasteiger partial charge in [0.1, 0.15) is 5.60 Å². The molecule has 3 fully saturated rings. The van der Waals surface area contributed by atoms with E-state index in [1.165, 1.54) is 16.0 Å². The van der Waals surface area contributed by atoms with Crippen molar-refractivity contribution in [3.8, 4) is 0 Å². The molecule has 7 nitrogen and oxygen atoms in total. The third-order valence-corrected chi connectivity index (χ3v) is 7.34. The minimum Gasteiger partial charge on any atom is -0.444 e. The second-order valence-corrected chi connectivity index (χ2v) is 11.3. The van der Waals surface area contributed by atoms with Gasteiger partial charge >= 0.3 is 6.09 Å². The summed E-state index contributed by atoms with van der Waals surface area (Å²) in [6.07, 6.45) is 1.28. The Balaban J connectivity index is 1.24. The highest BCUT2D eigenvalue weighted by Crippen LogP contribution is 2.42. The number of ether oxygens (including phenoxy) is 1. The second kappa shape index (κ2) is 9.60. The van der Waals surface area contributed by atoms with Gasteiger partial charge < -0.3 is 20.3 Å². The number of nitrogens with one attached hydrogen (secondary N) is 2. The van der Waals surface area contributed by atoms with Crippen molar-refractivity contribution in [2.45, 2.75) is 63.1 Å². The first-order chi connectivity index (χ1) is 17.2. The molecule has 36 heavy (non-hydrogen) atoms. The number of nitrogens with zero attached hydrogens (tertiary/aromatic N) is 1. The van der Waals surface area contributed by atoms with Gasteiger partial charge in [-0.3, -0.25) is 9.59 Å². The summed E-state index contributed by atoms with van der Waals surface area (Å²) in [4.78, 5) is 41.0. The fourth-order valence-corrected chi connectivity index (χ4v) is 5.24. The highest BCUT2D eigenvalue weighted by molar-refractivity contribution is 5.90. The Morgan fingerprint density at radius 1 is 0.750 bits per heavy atom. The third-order valence-electron chi connectivity index (χ3n) is 7.34. The molecule has 2 aliphatic carbocycles. The van der Waals surface area contributed by atoms with Crippen LogP contribution in [0.3, 0.4) is 0 Å². The van der Waals surface area contributed by atoms with Crippen LogP contribution in [0.1, 0.15) is 56.6 Å². The molecule has 1 unspecified atom stereocenters. The number of carbonyl (C=O) groups excluding carboxylic acids is 3. The van der Waals surface area contributed by atoms with Crippen LogP contribution in [0.15, 0.2) is 60.7 Å². The Bertz CT molecular complexity index is 1040. The first kappa shape index (κ1) is 24.3. The molecule has 5 rings (SSSR count). The van der Waals surface area contributed by atoms with Crippen molar-refractivity contribution in [1.29, 1.82) is 0 Å². The van der Waals surface area contributed by atoms with Gasteiger partial charge in [0.2, 0.25) is 11.8 Å². The topological polar surface area (TPSA) is 87.7 Å². The van der Waals surface area contributed by atoms with E-state index in [-0.39, 0.29) is 37.0 Å². The Hall–Kier alpha value is -3.35. The number of hydrogen-bond acceptors (Lipinski definition) is 4. The molecular weight excluding hydrogens is 454 g/mol. The van der Waals surface area contributed by atoms with Gasteiger partial charge in [0.25, 0.3) is 0 Å². The summed E-state index contributed by atoms with van der Waals surface area (Å²) in [7, 11) is 0. The molecule has 0 radical (unpaired) electrons. The van der Waals surface area contributed by atoms with E-state index in [9.17, 15) is 14.4 Å². The predicted molar refractivity (Wildman–Crippen MR) is 136 cm³/mol. The van der Waals surface area contributed by atoms with Gasteiger partial charge in [0.15, 0.2) is 0 Å². The molecule has 2 N–H and O–H groups in total. The largest absolute Gasteiger partial charge is 0.444 e. The maximum absolute atomic E-state index is 13.4. The predicted octanol–water partition coefficient (Wildman–Crippen LogP) is 3.81. The Morgan fingerprint density at radius 3 is 1.56 bits per heavy atom. The number of carbonyl (C=O) groups is 3. The van der Waals surface area contributed by atoms with Gasteiger partial charge in [0.05, 0.1) is 11.8 Å². The van der Waals surface area contributed by atoms with Crippen LogP contribution in [0.25, 0.3) is 0 Å². The van der Waals surface area contributed by atoms with Gasteiger partial charge in [-0.1, -0.05) is 60.7 Å². The van der Waals surface area contributed by atoms with Crippen molar-refractivity contribution in [2.75, 3.05) is 13.1 Å². The number of benzene rings is 2. The van der Waals surface area contributed by atoms with Crippen LogP contribution in [0.5, 0.6) is 0 Å². The van der Waals surface area contributed by atoms with Crippen molar-refractivity contribution in [2.24, 2.45) is 11.8 Å². The summed E-state index contributed by atoms with van der Waals surface area (Å²) in [6, 6.07) is 20.4. The minimum atomic E-state index is -0.650. The average Bonchev–Trinajstić information content (AvgIpc) is 3.74. The van der Waals surface area contributed by atoms with E-state index in [1.54, 1.807) is 0 Å². The molecular formula is C29H35N3O4. The van der Waals surface area contributed by atoms with E-state index >= 15 is 0 Å². The molecule has 1 heterocycles. The first-order valence-electron chi connectivity index (χ1n) is 12.9. The van der Waals surface area contributed by atoms with Crippen molar-refractivity contribution in [1.82, 2.24) is 15.5 Å². The van der Waals surface area contributed by atoms with Crippen LogP contribution in [-0.4, -0.2) is 53.6 Å². The fraction of sp³-hybridized carbons (Fsp3) is 0.483. The lowest BCUT2D eigenvalue weighted by Crippen LogP contribution is -2.43. The van der Waals surface area contributed by atoms with Crippen LogP contribution in [0.2, 0.25) is 0 Å². The molecule has 2 aromatic rings. The Kier molecular flexibility index (Phi) is 6.49. The third kappa shape index (κ3) is 5.55. The number of likely N-dealkylation sites (tertiary alicyclic amines) is 1. The van der Waals surface area contributed by atoms with Crippen LogP contribution in [0.4, 0.5) is 4.79 Å². The molecule has 0 aromatic heterocycles. The quantitative estimate of drug-likeness (QED) is 0.646. The smallest absolute Gasteiger partial charge is 0.410 e. The SMILES string of the molecule is CC(C)(C)OC(=O)N1C[C@@H](C(=O)NC2C[C@@H]2c2ccccc2)[C@H](C(=O)N[C@H]2C[C@@H]2c2ccccc2)C1. The summed E-state index contributed by atoms with van der Waals surface area (Å²) in [5.41, 5.74) is 1.77. The molecule has 6 atom stereocenters. The lowest BCUT2D eigenvalue weighted by atomic mass is 9.94. The molecule has 1 aliphatic heterocycles. The van der Waals surface area contributed by atoms with E-state index in [0.717, 1.165) is 12.8 Å². The summed E-state index contributed by atoms with van der Waals surface area (Å²) >= 11 is 0. The molecule has 2 saturated carbocycles. The molecule has 0 bridgehead atoms. The van der Waals surface area contributed by atoms with E-state index in [4.69, 9.17) is 4.74 Å². The van der Waals surface area contributed by atoms with Crippen molar-refractivity contribution in [3.63, 3.8) is 0 Å². The minimum absolute atomic E-state index is 0.0603. The van der Waals surface area contributed by atoms with Gasteiger partial charge in [-0.2, -0.15) is 0 Å². The molecule has 1 saturated heterocycles. The van der Waals surface area contributed by atoms with Gasteiger partial charge in [-0.05, 0) is 44.7 Å². The zero-order valence-corrected chi connectivity index (χ0v) is 21.1. The standard InChI is InChI=1S/C29H35N3O4/c1-29(2,3)36-28(35)32-16-22(26(33)30-24-14-20(24)18-10-6-4-7-11-18)23(17-32)27(34)31-25-15-21(25)19-12-8-5-9-13-19/h4-13,20-25H,14-17H2,1-3H3,(H,30,33)(H,31,34)/t20-,21-,22-,23-,24+,25?/m1/s1. The normalized spacial score (nSPS) is 28.8. The van der Waals surface area contributed by atoms with Gasteiger partial charge in [-0.15, -0.1) is 0 Å². The maximum Gasteiger partial charge on any atom is 0.410 e. The molecule has 3 aliphatic rings. The van der Waals surface area contributed by atoms with E-state index in [2.05, 4.69) is 34.9 Å². The van der Waals surface area contributed by atoms with Crippen molar-refractivity contribution < 1.29 is 19.1 Å². The summed E-state index contributed by atoms with van der Waals surface area (Å²) < 4.78 is 5.54. The average molecular weight is 490 g/mol. The Labute approximate surface area is 212 Å². The number of amides is 3. The van der Waals surface area contributed by atoms with Gasteiger partial charge in [-0.25, -0.2) is 4.79 Å². The van der Waals surface area contributed by atoms with E-state index in [0.29, 0.717) is 11.8 Å². The molecule has 190 valence electrons. The molecule has 7 heteroatoms. The second-order valence-electron chi connectivity index (χ2n) is 11.3.